The Hall–Kier alpha value is -3.88. The Labute approximate surface area is 212 Å². The maximum atomic E-state index is 14.3. The highest BCUT2D eigenvalue weighted by atomic mass is 19.1. The van der Waals surface area contributed by atoms with Crippen LogP contribution < -0.4 is 10.2 Å². The molecule has 2 aliphatic rings. The smallest absolute Gasteiger partial charge is 0.153 e. The topological polar surface area (TPSA) is 74.7 Å². The highest BCUT2D eigenvalue weighted by Crippen LogP contribution is 2.41. The Bertz CT molecular complexity index is 1490. The molecule has 6 nitrogen and oxygen atoms in total. The van der Waals surface area contributed by atoms with Gasteiger partial charge in [-0.05, 0) is 47.9 Å². The molecule has 3 heterocycles. The Kier molecular flexibility index (Phi) is 6.06. The number of para-hydroxylation sites is 1. The molecule has 37 heavy (non-hydrogen) atoms. The van der Waals surface area contributed by atoms with Gasteiger partial charge in [0.25, 0.3) is 0 Å². The van der Waals surface area contributed by atoms with Gasteiger partial charge in [-0.3, -0.25) is 9.78 Å². The van der Waals surface area contributed by atoms with Gasteiger partial charge in [0.05, 0.1) is 29.5 Å². The lowest BCUT2D eigenvalue weighted by molar-refractivity contribution is -0.00896. The zero-order valence-corrected chi connectivity index (χ0v) is 20.0. The molecule has 0 bridgehead atoms. The summed E-state index contributed by atoms with van der Waals surface area (Å²) in [6.45, 7) is 2.78. The predicted octanol–water partition coefficient (Wildman–Crippen LogP) is 4.93. The van der Waals surface area contributed by atoms with Gasteiger partial charge in [-0.25, -0.2) is 8.78 Å². The summed E-state index contributed by atoms with van der Waals surface area (Å²) in [5, 5.41) is 15.0. The molecule has 0 aliphatic carbocycles. The summed E-state index contributed by atoms with van der Waals surface area (Å²) in [6, 6.07) is 14.3. The number of halogens is 2. The highest BCUT2D eigenvalue weighted by molar-refractivity contribution is 6.02. The van der Waals surface area contributed by atoms with Gasteiger partial charge >= 0.3 is 0 Å². The van der Waals surface area contributed by atoms with E-state index in [1.807, 2.05) is 18.2 Å². The molecular formula is C29H25F2N3O3. The van der Waals surface area contributed by atoms with Gasteiger partial charge in [-0.1, -0.05) is 18.2 Å². The van der Waals surface area contributed by atoms with E-state index in [0.717, 1.165) is 36.7 Å². The molecule has 0 radical (unpaired) electrons. The summed E-state index contributed by atoms with van der Waals surface area (Å²) in [5.74, 6) is -1.43. The van der Waals surface area contributed by atoms with Crippen LogP contribution in [-0.4, -0.2) is 54.8 Å². The molecule has 188 valence electrons. The van der Waals surface area contributed by atoms with Crippen molar-refractivity contribution in [1.82, 2.24) is 10.3 Å². The van der Waals surface area contributed by atoms with Crippen LogP contribution in [0.25, 0.3) is 33.2 Å². The molecule has 1 aromatic heterocycles. The number of aromatic hydroxyl groups is 1. The minimum Gasteiger partial charge on any atom is -0.507 e. The van der Waals surface area contributed by atoms with E-state index < -0.39 is 11.6 Å². The minimum absolute atomic E-state index is 0.0145. The number of fused-ring (bicyclic) bond motifs is 2. The average molecular weight is 502 g/mol. The average Bonchev–Trinajstić information content (AvgIpc) is 2.91. The summed E-state index contributed by atoms with van der Waals surface area (Å²) in [4.78, 5) is 18.2. The van der Waals surface area contributed by atoms with Crippen LogP contribution in [0.4, 0.5) is 14.5 Å². The van der Waals surface area contributed by atoms with E-state index in [0.29, 0.717) is 47.2 Å². The number of piperidine rings is 1. The summed E-state index contributed by atoms with van der Waals surface area (Å²) in [6.07, 6.45) is 3.11. The van der Waals surface area contributed by atoms with Gasteiger partial charge in [0.1, 0.15) is 17.4 Å². The van der Waals surface area contributed by atoms with E-state index in [9.17, 15) is 18.7 Å². The third-order valence-electron chi connectivity index (χ3n) is 7.23. The van der Waals surface area contributed by atoms with Crippen LogP contribution in [0, 0.1) is 11.6 Å². The summed E-state index contributed by atoms with van der Waals surface area (Å²) < 4.78 is 34.6. The molecule has 0 saturated carbocycles. The number of carbonyl (C=O) groups is 1. The first kappa shape index (κ1) is 23.5. The third kappa shape index (κ3) is 4.32. The van der Waals surface area contributed by atoms with E-state index >= 15 is 0 Å². The number of ether oxygens (including phenoxy) is 1. The fourth-order valence-electron chi connectivity index (χ4n) is 5.47. The summed E-state index contributed by atoms with van der Waals surface area (Å²) in [7, 11) is 0. The lowest BCUT2D eigenvalue weighted by Gasteiger charge is -2.43. The zero-order chi connectivity index (χ0) is 25.5. The van der Waals surface area contributed by atoms with Crippen molar-refractivity contribution in [2.45, 2.75) is 18.6 Å². The number of rotatable bonds is 4. The lowest BCUT2D eigenvalue weighted by Crippen LogP contribution is -2.57. The zero-order valence-electron chi connectivity index (χ0n) is 20.0. The Morgan fingerprint density at radius 1 is 1.05 bits per heavy atom. The van der Waals surface area contributed by atoms with Gasteiger partial charge in [0.2, 0.25) is 0 Å². The first-order valence-corrected chi connectivity index (χ1v) is 12.3. The van der Waals surface area contributed by atoms with Gasteiger partial charge < -0.3 is 20.1 Å². The molecule has 4 aromatic rings. The molecule has 3 aromatic carbocycles. The number of nitrogens with one attached hydrogen (secondary N) is 1. The second-order valence-electron chi connectivity index (χ2n) is 9.48. The Morgan fingerprint density at radius 2 is 1.89 bits per heavy atom. The fraction of sp³-hybridized carbons (Fsp3) is 0.241. The van der Waals surface area contributed by atoms with Crippen molar-refractivity contribution in [3.05, 3.63) is 78.0 Å². The third-order valence-corrected chi connectivity index (χ3v) is 7.23. The fourth-order valence-corrected chi connectivity index (χ4v) is 5.47. The number of anilines is 1. The second-order valence-corrected chi connectivity index (χ2v) is 9.48. The van der Waals surface area contributed by atoms with Gasteiger partial charge in [0, 0.05) is 54.5 Å². The van der Waals surface area contributed by atoms with Crippen LogP contribution in [-0.2, 0) is 4.74 Å². The predicted molar refractivity (Wildman–Crippen MR) is 138 cm³/mol. The van der Waals surface area contributed by atoms with E-state index in [1.54, 1.807) is 24.4 Å². The van der Waals surface area contributed by atoms with Crippen molar-refractivity contribution in [2.24, 2.45) is 0 Å². The van der Waals surface area contributed by atoms with E-state index in [-0.39, 0.29) is 23.5 Å². The molecule has 2 atom stereocenters. The van der Waals surface area contributed by atoms with Crippen molar-refractivity contribution in [1.29, 1.82) is 0 Å². The molecule has 0 spiro atoms. The minimum atomic E-state index is -0.663. The molecule has 2 fully saturated rings. The van der Waals surface area contributed by atoms with Crippen molar-refractivity contribution < 1.29 is 23.4 Å². The van der Waals surface area contributed by atoms with E-state index in [2.05, 4.69) is 15.2 Å². The number of aldehydes is 1. The molecule has 2 N–H and O–H groups in total. The van der Waals surface area contributed by atoms with Gasteiger partial charge in [-0.2, -0.15) is 0 Å². The first-order chi connectivity index (χ1) is 18.0. The summed E-state index contributed by atoms with van der Waals surface area (Å²) >= 11 is 0. The monoisotopic (exact) mass is 501 g/mol. The van der Waals surface area contributed by atoms with Gasteiger partial charge in [0.15, 0.2) is 6.29 Å². The SMILES string of the molecule is O=Cc1cccc(-c2ccc3ncc(-c4cc(F)cc(F)c4)c(N4CCC5NCCOC5C4)c3c2)c1O. The Balaban J connectivity index is 1.56. The molecule has 2 unspecified atom stereocenters. The number of pyridine rings is 1. The number of nitrogens with zero attached hydrogens (tertiary/aromatic N) is 2. The van der Waals surface area contributed by atoms with Crippen LogP contribution in [0.2, 0.25) is 0 Å². The first-order valence-electron chi connectivity index (χ1n) is 12.3. The Morgan fingerprint density at radius 3 is 2.70 bits per heavy atom. The molecule has 2 saturated heterocycles. The van der Waals surface area contributed by atoms with Crippen LogP contribution in [0.3, 0.4) is 0 Å². The quantitative estimate of drug-likeness (QED) is 0.386. The molecule has 8 heteroatoms. The maximum Gasteiger partial charge on any atom is 0.153 e. The number of aromatic nitrogens is 1. The molecule has 2 aliphatic heterocycles. The number of carbonyl (C=O) groups excluding carboxylic acids is 1. The lowest BCUT2D eigenvalue weighted by atomic mass is 9.94. The van der Waals surface area contributed by atoms with E-state index in [4.69, 9.17) is 4.74 Å². The van der Waals surface area contributed by atoms with Gasteiger partial charge in [-0.15, -0.1) is 0 Å². The van der Waals surface area contributed by atoms with Crippen molar-refractivity contribution in [3.63, 3.8) is 0 Å². The molecule has 0 amide bonds. The largest absolute Gasteiger partial charge is 0.507 e. The van der Waals surface area contributed by atoms with Crippen molar-refractivity contribution in [3.8, 4) is 28.0 Å². The van der Waals surface area contributed by atoms with Crippen LogP contribution in [0.5, 0.6) is 5.75 Å². The number of hydrogen-bond acceptors (Lipinski definition) is 6. The van der Waals surface area contributed by atoms with Crippen LogP contribution in [0.15, 0.2) is 60.8 Å². The molecular weight excluding hydrogens is 476 g/mol. The molecule has 6 rings (SSSR count). The van der Waals surface area contributed by atoms with Crippen molar-refractivity contribution >= 4 is 22.9 Å². The number of phenolic OH excluding ortho intramolecular Hbond substituents is 1. The normalized spacial score (nSPS) is 19.6. The van der Waals surface area contributed by atoms with Crippen molar-refractivity contribution in [2.75, 3.05) is 31.1 Å². The standard InChI is InChI=1S/C29H25F2N3O3/c30-20-10-19(11-21(31)13-20)24-14-33-25-5-4-17(22-3-1-2-18(16-35)29(22)36)12-23(25)28(24)34-8-6-26-27(15-34)37-9-7-32-26/h1-5,10-14,16,26-27,32,36H,6-9,15H2. The van der Waals surface area contributed by atoms with Crippen LogP contribution in [0.1, 0.15) is 16.8 Å². The number of hydrogen-bond donors (Lipinski definition) is 2. The number of benzene rings is 3. The number of phenols is 1. The summed E-state index contributed by atoms with van der Waals surface area (Å²) in [5.41, 5.74) is 3.91. The highest BCUT2D eigenvalue weighted by Gasteiger charge is 2.33. The number of morpholine rings is 1. The van der Waals surface area contributed by atoms with E-state index in [1.165, 1.54) is 12.1 Å². The second kappa shape index (κ2) is 9.53. The maximum absolute atomic E-state index is 14.3. The van der Waals surface area contributed by atoms with Crippen LogP contribution >= 0.6 is 0 Å².